The Kier molecular flexibility index (Phi) is 10.1. The molecular weight excluding hydrogens is 180 g/mol. The number of rotatable bonds is 9. The minimum atomic E-state index is 0.861. The summed E-state index contributed by atoms with van der Waals surface area (Å²) in [4.78, 5) is 0. The molecule has 0 saturated carbocycles. The molecule has 0 N–H and O–H groups in total. The van der Waals surface area contributed by atoms with E-state index in [0.717, 1.165) is 11.8 Å². The van der Waals surface area contributed by atoms with E-state index in [2.05, 4.69) is 39.8 Å². The Balaban J connectivity index is 3.30. The highest BCUT2D eigenvalue weighted by Gasteiger charge is 1.98. The first-order valence-electron chi connectivity index (χ1n) is 6.85. The standard InChI is InChI=1S/C15H30/c1-5-11-15(4)13-10-8-7-9-12-14(3)6-2/h7,9,14-15H,5-6,8,10-13H2,1-4H3. The summed E-state index contributed by atoms with van der Waals surface area (Å²) in [6.07, 6.45) is 14.1. The Bertz CT molecular complexity index is 146. The van der Waals surface area contributed by atoms with Crippen LogP contribution in [0.5, 0.6) is 0 Å². The van der Waals surface area contributed by atoms with E-state index in [-0.39, 0.29) is 0 Å². The van der Waals surface area contributed by atoms with Gasteiger partial charge in [-0.2, -0.15) is 0 Å². The van der Waals surface area contributed by atoms with Gasteiger partial charge in [0.1, 0.15) is 0 Å². The Hall–Kier alpha value is -0.260. The van der Waals surface area contributed by atoms with Gasteiger partial charge >= 0.3 is 0 Å². The molecule has 0 bridgehead atoms. The van der Waals surface area contributed by atoms with Crippen LogP contribution in [0.3, 0.4) is 0 Å². The molecule has 0 heterocycles. The molecule has 15 heavy (non-hydrogen) atoms. The van der Waals surface area contributed by atoms with E-state index in [4.69, 9.17) is 0 Å². The Morgan fingerprint density at radius 1 is 0.933 bits per heavy atom. The van der Waals surface area contributed by atoms with Crippen molar-refractivity contribution in [2.45, 2.75) is 72.6 Å². The fourth-order valence-electron chi connectivity index (χ4n) is 1.83. The highest BCUT2D eigenvalue weighted by molar-refractivity contribution is 4.83. The van der Waals surface area contributed by atoms with E-state index in [9.17, 15) is 0 Å². The van der Waals surface area contributed by atoms with Crippen LogP contribution in [0.4, 0.5) is 0 Å². The van der Waals surface area contributed by atoms with Crippen LogP contribution < -0.4 is 0 Å². The number of hydrogen-bond donors (Lipinski definition) is 0. The van der Waals surface area contributed by atoms with Crippen molar-refractivity contribution < 1.29 is 0 Å². The average molecular weight is 210 g/mol. The zero-order valence-electron chi connectivity index (χ0n) is 11.3. The minimum Gasteiger partial charge on any atom is -0.0885 e. The van der Waals surface area contributed by atoms with E-state index in [1.807, 2.05) is 0 Å². The maximum Gasteiger partial charge on any atom is -0.0325 e. The maximum atomic E-state index is 2.38. The van der Waals surface area contributed by atoms with Crippen LogP contribution in [-0.4, -0.2) is 0 Å². The zero-order chi connectivity index (χ0) is 11.5. The van der Waals surface area contributed by atoms with Gasteiger partial charge in [-0.3, -0.25) is 0 Å². The lowest BCUT2D eigenvalue weighted by Gasteiger charge is -2.07. The molecule has 0 heteroatoms. The first-order chi connectivity index (χ1) is 7.20. The lowest BCUT2D eigenvalue weighted by molar-refractivity contribution is 0.471. The predicted octanol–water partition coefficient (Wildman–Crippen LogP) is 5.59. The number of hydrogen-bond acceptors (Lipinski definition) is 0. The van der Waals surface area contributed by atoms with E-state index in [0.29, 0.717) is 0 Å². The molecule has 0 aromatic rings. The van der Waals surface area contributed by atoms with Crippen LogP contribution in [0, 0.1) is 11.8 Å². The molecule has 0 radical (unpaired) electrons. The molecule has 0 amide bonds. The summed E-state index contributed by atoms with van der Waals surface area (Å²) in [5.74, 6) is 1.79. The van der Waals surface area contributed by atoms with Crippen LogP contribution in [0.1, 0.15) is 72.6 Å². The van der Waals surface area contributed by atoms with Gasteiger partial charge in [0.25, 0.3) is 0 Å². The lowest BCUT2D eigenvalue weighted by Crippen LogP contribution is -1.92. The molecule has 0 aliphatic heterocycles. The van der Waals surface area contributed by atoms with Crippen molar-refractivity contribution in [3.05, 3.63) is 12.2 Å². The molecule has 0 spiro atoms. The molecule has 2 unspecified atom stereocenters. The lowest BCUT2D eigenvalue weighted by atomic mass is 9.99. The third kappa shape index (κ3) is 10.0. The first-order valence-corrected chi connectivity index (χ1v) is 6.85. The van der Waals surface area contributed by atoms with E-state index in [1.54, 1.807) is 0 Å². The third-order valence-electron chi connectivity index (χ3n) is 3.25. The average Bonchev–Trinajstić information content (AvgIpc) is 2.23. The first kappa shape index (κ1) is 14.7. The van der Waals surface area contributed by atoms with Crippen LogP contribution >= 0.6 is 0 Å². The normalized spacial score (nSPS) is 15.7. The fourth-order valence-corrected chi connectivity index (χ4v) is 1.83. The quantitative estimate of drug-likeness (QED) is 0.344. The van der Waals surface area contributed by atoms with Crippen LogP contribution in [0.2, 0.25) is 0 Å². The highest BCUT2D eigenvalue weighted by atomic mass is 14.0. The second kappa shape index (κ2) is 10.3. The zero-order valence-corrected chi connectivity index (χ0v) is 11.3. The van der Waals surface area contributed by atoms with Crippen molar-refractivity contribution in [1.29, 1.82) is 0 Å². The second-order valence-electron chi connectivity index (χ2n) is 5.05. The Morgan fingerprint density at radius 2 is 1.67 bits per heavy atom. The second-order valence-corrected chi connectivity index (χ2v) is 5.05. The van der Waals surface area contributed by atoms with Gasteiger partial charge in [0.2, 0.25) is 0 Å². The van der Waals surface area contributed by atoms with Gasteiger partial charge in [0.05, 0.1) is 0 Å². The Morgan fingerprint density at radius 3 is 2.27 bits per heavy atom. The SMILES string of the molecule is CCCC(C)CCCC=CCC(C)CC. The van der Waals surface area contributed by atoms with Gasteiger partial charge in [-0.1, -0.05) is 65.5 Å². The van der Waals surface area contributed by atoms with Crippen molar-refractivity contribution in [2.24, 2.45) is 11.8 Å². The molecule has 0 aliphatic rings. The maximum absolute atomic E-state index is 2.38. The Labute approximate surface area is 97.2 Å². The summed E-state index contributed by atoms with van der Waals surface area (Å²) in [5.41, 5.74) is 0. The van der Waals surface area contributed by atoms with E-state index >= 15 is 0 Å². The summed E-state index contributed by atoms with van der Waals surface area (Å²) >= 11 is 0. The largest absolute Gasteiger partial charge is 0.0885 e. The van der Waals surface area contributed by atoms with Crippen molar-refractivity contribution in [3.63, 3.8) is 0 Å². The molecular formula is C15H30. The topological polar surface area (TPSA) is 0 Å². The van der Waals surface area contributed by atoms with Gasteiger partial charge in [-0.15, -0.1) is 0 Å². The summed E-state index contributed by atoms with van der Waals surface area (Å²) in [7, 11) is 0. The molecule has 2 atom stereocenters. The molecule has 0 saturated heterocycles. The molecule has 90 valence electrons. The van der Waals surface area contributed by atoms with Crippen molar-refractivity contribution in [2.75, 3.05) is 0 Å². The molecule has 0 aromatic carbocycles. The fraction of sp³-hybridized carbons (Fsp3) is 0.867. The number of allylic oxidation sites excluding steroid dienone is 2. The van der Waals surface area contributed by atoms with E-state index < -0.39 is 0 Å². The van der Waals surface area contributed by atoms with Gasteiger partial charge in [-0.05, 0) is 31.1 Å². The molecule has 0 aromatic heterocycles. The van der Waals surface area contributed by atoms with Gasteiger partial charge in [0, 0.05) is 0 Å². The summed E-state index contributed by atoms with van der Waals surface area (Å²) in [5, 5.41) is 0. The summed E-state index contributed by atoms with van der Waals surface area (Å²) in [6.45, 7) is 9.26. The molecule has 0 nitrogen and oxygen atoms in total. The smallest absolute Gasteiger partial charge is 0.0325 e. The molecule has 0 aliphatic carbocycles. The highest BCUT2D eigenvalue weighted by Crippen LogP contribution is 2.14. The van der Waals surface area contributed by atoms with Gasteiger partial charge in [-0.25, -0.2) is 0 Å². The minimum absolute atomic E-state index is 0.861. The number of unbranched alkanes of at least 4 members (excludes halogenated alkanes) is 1. The van der Waals surface area contributed by atoms with Crippen molar-refractivity contribution in [1.82, 2.24) is 0 Å². The van der Waals surface area contributed by atoms with Crippen molar-refractivity contribution in [3.8, 4) is 0 Å². The van der Waals surface area contributed by atoms with E-state index in [1.165, 1.54) is 44.9 Å². The van der Waals surface area contributed by atoms with Crippen LogP contribution in [0.25, 0.3) is 0 Å². The summed E-state index contributed by atoms with van der Waals surface area (Å²) < 4.78 is 0. The van der Waals surface area contributed by atoms with Gasteiger partial charge < -0.3 is 0 Å². The van der Waals surface area contributed by atoms with Crippen molar-refractivity contribution >= 4 is 0 Å². The predicted molar refractivity (Wildman–Crippen MR) is 71.1 cm³/mol. The molecule has 0 rings (SSSR count). The van der Waals surface area contributed by atoms with Gasteiger partial charge in [0.15, 0.2) is 0 Å². The van der Waals surface area contributed by atoms with Crippen LogP contribution in [0.15, 0.2) is 12.2 Å². The molecule has 0 fully saturated rings. The third-order valence-corrected chi connectivity index (χ3v) is 3.25. The summed E-state index contributed by atoms with van der Waals surface area (Å²) in [6, 6.07) is 0. The monoisotopic (exact) mass is 210 g/mol. The van der Waals surface area contributed by atoms with Crippen LogP contribution in [-0.2, 0) is 0 Å².